The molecule has 2 spiro atoms. The Morgan fingerprint density at radius 2 is 1.43 bits per heavy atom. The maximum Gasteiger partial charge on any atom is 0.331 e. The first kappa shape index (κ1) is 51.0. The van der Waals surface area contributed by atoms with Crippen LogP contribution in [-0.2, 0) is 28.5 Å². The number of carbonyl (C=O) groups is 1. The maximum absolute atomic E-state index is 13.4. The van der Waals surface area contributed by atoms with E-state index in [0.29, 0.717) is 31.6 Å². The van der Waals surface area contributed by atoms with Gasteiger partial charge in [-0.3, -0.25) is 0 Å². The quantitative estimate of drug-likeness (QED) is 0.0934. The van der Waals surface area contributed by atoms with Crippen molar-refractivity contribution in [1.29, 1.82) is 0 Å². The maximum atomic E-state index is 13.4. The Bertz CT molecular complexity index is 1940. The molecule has 22 atom stereocenters. The van der Waals surface area contributed by atoms with Gasteiger partial charge in [0.05, 0.1) is 37.1 Å². The fourth-order valence-corrected chi connectivity index (χ4v) is 15.1. The first-order valence-corrected chi connectivity index (χ1v) is 24.4. The number of rotatable bonds is 14. The number of esters is 1. The molecule has 0 bridgehead atoms. The van der Waals surface area contributed by atoms with Crippen LogP contribution in [0.1, 0.15) is 111 Å². The first-order valence-electron chi connectivity index (χ1n) is 24.4. The van der Waals surface area contributed by atoms with Crippen LogP contribution in [0.25, 0.3) is 6.08 Å². The van der Waals surface area contributed by atoms with Gasteiger partial charge in [-0.2, -0.15) is 0 Å². The predicted molar refractivity (Wildman–Crippen MR) is 238 cm³/mol. The van der Waals surface area contributed by atoms with Crippen molar-refractivity contribution in [2.45, 2.75) is 197 Å². The van der Waals surface area contributed by atoms with E-state index in [4.69, 9.17) is 23.7 Å². The molecule has 2 saturated heterocycles. The van der Waals surface area contributed by atoms with Crippen LogP contribution in [0.2, 0.25) is 0 Å². The van der Waals surface area contributed by atoms with Crippen LogP contribution < -0.4 is 0 Å². The van der Waals surface area contributed by atoms with Gasteiger partial charge in [0.1, 0.15) is 60.2 Å². The van der Waals surface area contributed by atoms with Gasteiger partial charge in [0.25, 0.3) is 0 Å². The Labute approximate surface area is 392 Å². The Balaban J connectivity index is 0.914. The highest BCUT2D eigenvalue weighted by atomic mass is 16.8. The molecule has 0 amide bonds. The van der Waals surface area contributed by atoms with Gasteiger partial charge >= 0.3 is 5.97 Å². The number of aliphatic hydroxyl groups is 10. The minimum absolute atomic E-state index is 0.0357. The molecule has 5 saturated carbocycles. The van der Waals surface area contributed by atoms with Gasteiger partial charge in [-0.25, -0.2) is 4.79 Å². The zero-order valence-corrected chi connectivity index (χ0v) is 39.6. The van der Waals surface area contributed by atoms with Gasteiger partial charge in [0, 0.05) is 12.0 Å². The summed E-state index contributed by atoms with van der Waals surface area (Å²) in [5, 5.41) is 118. The molecule has 1 aromatic carbocycles. The van der Waals surface area contributed by atoms with E-state index >= 15 is 0 Å². The average Bonchev–Trinajstić information content (AvgIpc) is 3.84. The molecule has 1 aromatic rings. The van der Waals surface area contributed by atoms with Crippen LogP contribution in [0.4, 0.5) is 0 Å². The predicted octanol–water partition coefficient (Wildman–Crippen LogP) is 1.65. The van der Waals surface area contributed by atoms with Gasteiger partial charge in [-0.15, -0.1) is 0 Å². The second kappa shape index (κ2) is 18.4. The minimum atomic E-state index is -1.81. The highest BCUT2D eigenvalue weighted by Crippen LogP contribution is 2.88. The summed E-state index contributed by atoms with van der Waals surface area (Å²) in [6.07, 6.45) is -7.99. The summed E-state index contributed by atoms with van der Waals surface area (Å²) in [5.41, 5.74) is -2.38. The molecule has 67 heavy (non-hydrogen) atoms. The summed E-state index contributed by atoms with van der Waals surface area (Å²) in [6.45, 7) is 11.1. The first-order chi connectivity index (χ1) is 31.4. The zero-order chi connectivity index (χ0) is 48.8. The van der Waals surface area contributed by atoms with E-state index in [1.54, 1.807) is 44.2 Å². The van der Waals surface area contributed by atoms with E-state index in [9.17, 15) is 61.0 Å². The molecule has 7 aliphatic rings. The van der Waals surface area contributed by atoms with E-state index in [0.717, 1.165) is 44.1 Å². The topological polar surface area (TPSA) is 286 Å². The summed E-state index contributed by atoms with van der Waals surface area (Å²) in [4.78, 5) is 13.4. The molecule has 7 fully saturated rings. The van der Waals surface area contributed by atoms with E-state index < -0.39 is 104 Å². The third kappa shape index (κ3) is 8.51. The molecular formula is C50H76O17. The number of carbonyl (C=O) groups excluding carboxylic acids is 1. The van der Waals surface area contributed by atoms with Gasteiger partial charge in [0.15, 0.2) is 12.6 Å². The molecule has 11 N–H and O–H groups in total. The summed E-state index contributed by atoms with van der Waals surface area (Å²) in [5.74, 6) is -0.108. The summed E-state index contributed by atoms with van der Waals surface area (Å²) < 4.78 is 29.3. The van der Waals surface area contributed by atoms with Crippen molar-refractivity contribution >= 4 is 12.0 Å². The number of phenols is 1. The van der Waals surface area contributed by atoms with Gasteiger partial charge in [0.2, 0.25) is 0 Å². The van der Waals surface area contributed by atoms with Gasteiger partial charge in [-0.05, 0) is 148 Å². The highest BCUT2D eigenvalue weighted by molar-refractivity contribution is 5.87. The molecule has 0 aromatic heterocycles. The zero-order valence-electron chi connectivity index (χ0n) is 39.6. The van der Waals surface area contributed by atoms with Crippen LogP contribution in [0, 0.1) is 45.3 Å². The van der Waals surface area contributed by atoms with Crippen molar-refractivity contribution in [3.63, 3.8) is 0 Å². The number of ether oxygens (including phenoxy) is 5. The molecule has 2 heterocycles. The van der Waals surface area contributed by atoms with E-state index in [1.807, 2.05) is 6.92 Å². The van der Waals surface area contributed by atoms with Crippen LogP contribution in [0.15, 0.2) is 30.3 Å². The fourth-order valence-electron chi connectivity index (χ4n) is 15.1. The van der Waals surface area contributed by atoms with Crippen molar-refractivity contribution in [1.82, 2.24) is 0 Å². The molecule has 2 aliphatic heterocycles. The number of fused-ring (bicyclic) bond motifs is 2. The molecule has 17 nitrogen and oxygen atoms in total. The van der Waals surface area contributed by atoms with Crippen molar-refractivity contribution in [2.75, 3.05) is 13.2 Å². The minimum Gasteiger partial charge on any atom is -0.508 e. The normalized spacial score (nSPS) is 48.1. The fraction of sp³-hybridized carbons (Fsp3) is 0.820. The average molecular weight is 949 g/mol. The smallest absolute Gasteiger partial charge is 0.331 e. The molecule has 8 rings (SSSR count). The standard InChI is InChI=1S/C50H76O17/c1-25(7-13-34(45(2,3)62)63-23-31-37(57)39(59)41(61)44(65-31)66-43-40(60)38(58)36(56)30(22-51)64-43)28-15-17-47(5)42-29(53)21-32-48(6,67-35(55)14-10-26-8-11-27(52)12-9-26)33(54)16-18-49(32)24-50(42,49)20-19-46(28,47)4/h8-12,14,25,28-34,36-44,51-54,56-62H,7,13,15-24H2,1-6H3/b14-10+/t25-,28?,29+,30-,31-,32?,33+,34-,36-,37-,38+,39+,40-,41-,42?,43+,44+,46-,47+,48?,49?,50?/m1/s1. The molecule has 378 valence electrons. The van der Waals surface area contributed by atoms with Crippen LogP contribution in [0.5, 0.6) is 5.75 Å². The Kier molecular flexibility index (Phi) is 14.0. The van der Waals surface area contributed by atoms with Crippen molar-refractivity contribution in [2.24, 2.45) is 45.3 Å². The summed E-state index contributed by atoms with van der Waals surface area (Å²) in [7, 11) is 0. The molecule has 0 radical (unpaired) electrons. The van der Waals surface area contributed by atoms with Crippen LogP contribution in [-0.4, -0.2) is 166 Å². The molecule has 17 heteroatoms. The third-order valence-corrected chi connectivity index (χ3v) is 18.9. The van der Waals surface area contributed by atoms with Crippen LogP contribution in [0.3, 0.4) is 0 Å². The Hall–Kier alpha value is -2.33. The highest BCUT2D eigenvalue weighted by Gasteiger charge is 2.85. The lowest BCUT2D eigenvalue weighted by atomic mass is 9.42. The van der Waals surface area contributed by atoms with Gasteiger partial charge in [-0.1, -0.05) is 32.9 Å². The van der Waals surface area contributed by atoms with E-state index in [1.165, 1.54) is 6.08 Å². The monoisotopic (exact) mass is 949 g/mol. The second-order valence-electron chi connectivity index (χ2n) is 22.8. The van der Waals surface area contributed by atoms with Crippen molar-refractivity contribution in [3.8, 4) is 5.75 Å². The van der Waals surface area contributed by atoms with E-state index in [2.05, 4.69) is 20.8 Å². The lowest BCUT2D eigenvalue weighted by Crippen LogP contribution is -2.65. The summed E-state index contributed by atoms with van der Waals surface area (Å²) in [6, 6.07) is 6.47. The lowest BCUT2D eigenvalue weighted by Gasteiger charge is -2.64. The van der Waals surface area contributed by atoms with Crippen molar-refractivity contribution < 1.29 is 84.7 Å². The molecule has 6 unspecified atom stereocenters. The van der Waals surface area contributed by atoms with Crippen LogP contribution >= 0.6 is 0 Å². The molecular weight excluding hydrogens is 873 g/mol. The van der Waals surface area contributed by atoms with E-state index in [-0.39, 0.29) is 51.8 Å². The summed E-state index contributed by atoms with van der Waals surface area (Å²) >= 11 is 0. The largest absolute Gasteiger partial charge is 0.508 e. The number of aromatic hydroxyl groups is 1. The van der Waals surface area contributed by atoms with Gasteiger partial charge < -0.3 is 79.9 Å². The second-order valence-corrected chi connectivity index (χ2v) is 22.8. The Morgan fingerprint density at radius 3 is 2.06 bits per heavy atom. The number of aliphatic hydroxyl groups excluding tert-OH is 9. The third-order valence-electron chi connectivity index (χ3n) is 18.9. The molecule has 5 aliphatic carbocycles. The Morgan fingerprint density at radius 1 is 0.806 bits per heavy atom. The number of phenolic OH excluding ortho intramolecular Hbond substituents is 1. The number of hydrogen-bond donors (Lipinski definition) is 11. The van der Waals surface area contributed by atoms with Crippen molar-refractivity contribution in [3.05, 3.63) is 35.9 Å². The lowest BCUT2D eigenvalue weighted by molar-refractivity contribution is -0.377. The SMILES string of the molecule is C[C@H](CC[C@@H](OC[C@H]1O[C@@H](O[C@@H]2O[C@H](CO)[C@@H](O)[C@H](O)[C@H]2O)[C@H](O)[C@@H](O)[C@@H]1O)C(C)(C)O)C1CC[C@@]2(C)C3[C@@H](O)CC4C(C)(OC(=O)/C=C/c5ccc(O)cc5)[C@@H](O)CCC45CC35CC[C@]12C. The number of benzene rings is 1. The number of hydrogen-bond acceptors (Lipinski definition) is 17.